The van der Waals surface area contributed by atoms with Gasteiger partial charge in [0.2, 0.25) is 11.8 Å². The summed E-state index contributed by atoms with van der Waals surface area (Å²) in [5, 5.41) is 8.26. The first kappa shape index (κ1) is 19.0. The van der Waals surface area contributed by atoms with Crippen molar-refractivity contribution in [2.45, 2.75) is 63.2 Å². The van der Waals surface area contributed by atoms with Gasteiger partial charge >= 0.3 is 5.97 Å². The van der Waals surface area contributed by atoms with Gasteiger partial charge in [0.25, 0.3) is 0 Å². The smallest absolute Gasteiger partial charge is 0.321 e. The number of carbonyl (C=O) groups is 3. The third kappa shape index (κ3) is 5.96. The molecule has 22 heavy (non-hydrogen) atoms. The summed E-state index contributed by atoms with van der Waals surface area (Å²) in [4.78, 5) is 36.0. The molecule has 1 aliphatic rings. The predicted octanol–water partition coefficient (Wildman–Crippen LogP) is 1.62. The number of nitrogens with two attached hydrogens (primary N) is 1. The SMILES string of the molecule is CCCCCCCCN1C(=O)CC(SCC(N)C(=O)O)C1=O. The summed E-state index contributed by atoms with van der Waals surface area (Å²) in [6.07, 6.45) is 6.78. The average molecular weight is 330 g/mol. The molecule has 1 heterocycles. The van der Waals surface area contributed by atoms with Crippen molar-refractivity contribution in [3.05, 3.63) is 0 Å². The molecule has 0 aliphatic carbocycles. The number of aliphatic carboxylic acids is 1. The topological polar surface area (TPSA) is 101 Å². The van der Waals surface area contributed by atoms with Gasteiger partial charge in [-0.1, -0.05) is 39.0 Å². The average Bonchev–Trinajstić information content (AvgIpc) is 2.75. The molecule has 2 amide bonds. The van der Waals surface area contributed by atoms with E-state index in [0.29, 0.717) is 6.54 Å². The summed E-state index contributed by atoms with van der Waals surface area (Å²) in [5.41, 5.74) is 5.42. The van der Waals surface area contributed by atoms with Crippen LogP contribution in [-0.4, -0.2) is 51.4 Å². The van der Waals surface area contributed by atoms with Crippen LogP contribution in [0.3, 0.4) is 0 Å². The number of hydrogen-bond donors (Lipinski definition) is 2. The second-order valence-corrected chi connectivity index (χ2v) is 6.86. The summed E-state index contributed by atoms with van der Waals surface area (Å²) in [6, 6.07) is -1.000. The van der Waals surface area contributed by atoms with E-state index in [1.54, 1.807) is 0 Å². The molecular weight excluding hydrogens is 304 g/mol. The van der Waals surface area contributed by atoms with Gasteiger partial charge in [-0.25, -0.2) is 0 Å². The fraction of sp³-hybridized carbons (Fsp3) is 0.800. The summed E-state index contributed by atoms with van der Waals surface area (Å²) in [5.74, 6) is -1.29. The second-order valence-electron chi connectivity index (χ2n) is 5.62. The first-order valence-corrected chi connectivity index (χ1v) is 8.96. The third-order valence-corrected chi connectivity index (χ3v) is 5.05. The van der Waals surface area contributed by atoms with E-state index in [2.05, 4.69) is 6.92 Å². The van der Waals surface area contributed by atoms with Gasteiger partial charge in [0.05, 0.1) is 5.25 Å². The van der Waals surface area contributed by atoms with Gasteiger partial charge in [-0.15, -0.1) is 11.8 Å². The Hall–Kier alpha value is -1.08. The maximum atomic E-state index is 12.2. The lowest BCUT2D eigenvalue weighted by Gasteiger charge is -2.15. The molecule has 6 nitrogen and oxygen atoms in total. The van der Waals surface area contributed by atoms with Crippen LogP contribution in [0.5, 0.6) is 0 Å². The van der Waals surface area contributed by atoms with Gasteiger partial charge < -0.3 is 10.8 Å². The van der Waals surface area contributed by atoms with Crippen molar-refractivity contribution in [1.82, 2.24) is 4.90 Å². The second kappa shape index (κ2) is 9.84. The molecule has 1 aliphatic heterocycles. The van der Waals surface area contributed by atoms with E-state index in [0.717, 1.165) is 19.3 Å². The van der Waals surface area contributed by atoms with Gasteiger partial charge in [0.15, 0.2) is 0 Å². The fourth-order valence-corrected chi connectivity index (χ4v) is 3.47. The highest BCUT2D eigenvalue weighted by atomic mass is 32.2. The van der Waals surface area contributed by atoms with Crippen LogP contribution in [0.4, 0.5) is 0 Å². The van der Waals surface area contributed by atoms with Gasteiger partial charge in [-0.05, 0) is 6.42 Å². The van der Waals surface area contributed by atoms with E-state index >= 15 is 0 Å². The first-order valence-electron chi connectivity index (χ1n) is 7.91. The molecule has 0 saturated carbocycles. The molecule has 2 atom stereocenters. The van der Waals surface area contributed by atoms with Crippen molar-refractivity contribution in [3.8, 4) is 0 Å². The Labute approximate surface area is 135 Å². The first-order chi connectivity index (χ1) is 10.5. The highest BCUT2D eigenvalue weighted by Crippen LogP contribution is 2.26. The molecule has 0 aromatic heterocycles. The van der Waals surface area contributed by atoms with Crippen molar-refractivity contribution in [2.24, 2.45) is 5.73 Å². The number of carboxylic acid groups (broad SMARTS) is 1. The van der Waals surface area contributed by atoms with E-state index in [1.807, 2.05) is 0 Å². The molecular formula is C15H26N2O4S. The molecule has 3 N–H and O–H groups in total. The Morgan fingerprint density at radius 1 is 1.32 bits per heavy atom. The van der Waals surface area contributed by atoms with Gasteiger partial charge in [-0.3, -0.25) is 19.3 Å². The van der Waals surface area contributed by atoms with Gasteiger partial charge in [0.1, 0.15) is 6.04 Å². The number of unbranched alkanes of at least 4 members (excludes halogenated alkanes) is 5. The number of carbonyl (C=O) groups excluding carboxylic acids is 2. The Morgan fingerprint density at radius 3 is 2.59 bits per heavy atom. The molecule has 0 aromatic rings. The quantitative estimate of drug-likeness (QED) is 0.441. The summed E-state index contributed by atoms with van der Waals surface area (Å²) in [6.45, 7) is 2.64. The fourth-order valence-electron chi connectivity index (χ4n) is 2.36. The van der Waals surface area contributed by atoms with Crippen LogP contribution in [-0.2, 0) is 14.4 Å². The molecule has 0 aromatic carbocycles. The lowest BCUT2D eigenvalue weighted by Crippen LogP contribution is -2.35. The van der Waals surface area contributed by atoms with Crippen LogP contribution in [0.1, 0.15) is 51.9 Å². The van der Waals surface area contributed by atoms with E-state index in [-0.39, 0.29) is 24.0 Å². The zero-order valence-electron chi connectivity index (χ0n) is 13.1. The summed E-state index contributed by atoms with van der Waals surface area (Å²) in [7, 11) is 0. The van der Waals surface area contributed by atoms with E-state index in [1.165, 1.54) is 35.9 Å². The zero-order valence-corrected chi connectivity index (χ0v) is 13.9. The molecule has 1 saturated heterocycles. The predicted molar refractivity (Wildman–Crippen MR) is 86.6 cm³/mol. The highest BCUT2D eigenvalue weighted by Gasteiger charge is 2.38. The van der Waals surface area contributed by atoms with E-state index < -0.39 is 17.3 Å². The Morgan fingerprint density at radius 2 is 1.95 bits per heavy atom. The highest BCUT2D eigenvalue weighted by molar-refractivity contribution is 8.00. The zero-order chi connectivity index (χ0) is 16.5. The normalized spacial score (nSPS) is 19.7. The number of likely N-dealkylation sites (tertiary alicyclic amines) is 1. The molecule has 0 spiro atoms. The largest absolute Gasteiger partial charge is 0.480 e. The minimum atomic E-state index is -1.09. The van der Waals surface area contributed by atoms with Crippen molar-refractivity contribution in [2.75, 3.05) is 12.3 Å². The monoisotopic (exact) mass is 330 g/mol. The van der Waals surface area contributed by atoms with Crippen molar-refractivity contribution >= 4 is 29.5 Å². The number of nitrogens with zero attached hydrogens (tertiary/aromatic N) is 1. The minimum absolute atomic E-state index is 0.143. The van der Waals surface area contributed by atoms with Gasteiger partial charge in [-0.2, -0.15) is 0 Å². The van der Waals surface area contributed by atoms with E-state index in [9.17, 15) is 14.4 Å². The Kier molecular flexibility index (Phi) is 8.48. The maximum Gasteiger partial charge on any atom is 0.321 e. The van der Waals surface area contributed by atoms with Crippen LogP contribution in [0.25, 0.3) is 0 Å². The van der Waals surface area contributed by atoms with E-state index in [4.69, 9.17) is 10.8 Å². The van der Waals surface area contributed by atoms with Gasteiger partial charge in [0, 0.05) is 18.7 Å². The lowest BCUT2D eigenvalue weighted by atomic mass is 10.1. The molecule has 7 heteroatoms. The number of thioether (sulfide) groups is 1. The maximum absolute atomic E-state index is 12.2. The Balaban J connectivity index is 2.30. The van der Waals surface area contributed by atoms with Crippen molar-refractivity contribution < 1.29 is 19.5 Å². The number of carboxylic acids is 1. The van der Waals surface area contributed by atoms with Crippen LogP contribution >= 0.6 is 11.8 Å². The van der Waals surface area contributed by atoms with Crippen LogP contribution < -0.4 is 5.73 Å². The minimum Gasteiger partial charge on any atom is -0.480 e. The molecule has 0 radical (unpaired) electrons. The van der Waals surface area contributed by atoms with Crippen molar-refractivity contribution in [3.63, 3.8) is 0 Å². The summed E-state index contributed by atoms with van der Waals surface area (Å²) < 4.78 is 0. The lowest BCUT2D eigenvalue weighted by molar-refractivity contribution is -0.139. The molecule has 1 fully saturated rings. The Bertz CT molecular complexity index is 403. The molecule has 126 valence electrons. The third-order valence-electron chi connectivity index (χ3n) is 3.73. The standard InChI is InChI=1S/C15H26N2O4S/c1-2-3-4-5-6-7-8-17-13(18)9-12(14(17)19)22-10-11(16)15(20)21/h11-12H,2-10,16H2,1H3,(H,20,21). The number of rotatable bonds is 11. The molecule has 1 rings (SSSR count). The van der Waals surface area contributed by atoms with Crippen LogP contribution in [0, 0.1) is 0 Å². The van der Waals surface area contributed by atoms with Crippen molar-refractivity contribution in [1.29, 1.82) is 0 Å². The number of imide groups is 1. The molecule has 0 bridgehead atoms. The van der Waals surface area contributed by atoms with Crippen LogP contribution in [0.15, 0.2) is 0 Å². The molecule has 2 unspecified atom stereocenters. The number of amides is 2. The van der Waals surface area contributed by atoms with Crippen LogP contribution in [0.2, 0.25) is 0 Å². The number of hydrogen-bond acceptors (Lipinski definition) is 5. The summed E-state index contributed by atoms with van der Waals surface area (Å²) >= 11 is 1.17.